The maximum atomic E-state index is 12.5. The van der Waals surface area contributed by atoms with Crippen LogP contribution in [-0.4, -0.2) is 78.8 Å². The number of hydrogen-bond donors (Lipinski definition) is 2. The van der Waals surface area contributed by atoms with Gasteiger partial charge in [-0.25, -0.2) is 0 Å². The minimum atomic E-state index is -0.614. The van der Waals surface area contributed by atoms with Gasteiger partial charge in [0.1, 0.15) is 0 Å². The van der Waals surface area contributed by atoms with Crippen LogP contribution in [0.2, 0.25) is 5.02 Å². The number of nitrogens with zero attached hydrogens (tertiary/aromatic N) is 2. The fourth-order valence-electron chi connectivity index (χ4n) is 3.84. The molecule has 1 aromatic carbocycles. The number of amides is 2. The molecule has 0 aromatic heterocycles. The van der Waals surface area contributed by atoms with Gasteiger partial charge >= 0.3 is 11.8 Å². The number of ether oxygens (including phenoxy) is 1. The van der Waals surface area contributed by atoms with Crippen LogP contribution < -0.4 is 5.32 Å². The Morgan fingerprint density at radius 2 is 2.00 bits per heavy atom. The molecule has 2 saturated heterocycles. The van der Waals surface area contributed by atoms with Crippen molar-refractivity contribution < 1.29 is 19.4 Å². The Balaban J connectivity index is 1.64. The first-order valence-electron chi connectivity index (χ1n) is 9.78. The molecule has 2 heterocycles. The van der Waals surface area contributed by atoms with Crippen molar-refractivity contribution in [3.8, 4) is 0 Å². The van der Waals surface area contributed by atoms with E-state index in [1.54, 1.807) is 6.92 Å². The third kappa shape index (κ3) is 5.03. The summed E-state index contributed by atoms with van der Waals surface area (Å²) in [5.74, 6) is -1.12. The van der Waals surface area contributed by atoms with Crippen molar-refractivity contribution in [3.63, 3.8) is 0 Å². The van der Waals surface area contributed by atoms with Crippen LogP contribution in [0.25, 0.3) is 0 Å². The van der Waals surface area contributed by atoms with Crippen molar-refractivity contribution in [1.82, 2.24) is 15.1 Å². The third-order valence-electron chi connectivity index (χ3n) is 5.60. The number of carbonyl (C=O) groups is 2. The summed E-state index contributed by atoms with van der Waals surface area (Å²) in [7, 11) is 0. The van der Waals surface area contributed by atoms with E-state index in [0.717, 1.165) is 18.7 Å². The lowest BCUT2D eigenvalue weighted by molar-refractivity contribution is -0.145. The fraction of sp³-hybridized carbons (Fsp3) is 0.600. The Morgan fingerprint density at radius 3 is 2.64 bits per heavy atom. The molecule has 2 aliphatic rings. The van der Waals surface area contributed by atoms with Crippen molar-refractivity contribution in [2.24, 2.45) is 5.92 Å². The zero-order chi connectivity index (χ0) is 20.1. The molecule has 2 aliphatic heterocycles. The number of carbonyl (C=O) groups excluding carboxylic acids is 2. The average Bonchev–Trinajstić information content (AvgIpc) is 3.20. The highest BCUT2D eigenvalue weighted by molar-refractivity contribution is 6.35. The standard InChI is InChI=1S/C20H28ClN3O4/c1-14(25)15-6-7-24(13-15)20(27)19(26)22-12-18(23-8-10-28-11-9-23)16-4-2-3-5-17(16)21/h2-5,14-15,18,25H,6-13H2,1H3,(H,22,26)/t14-,15+,18+/m0/s1. The molecule has 8 heteroatoms. The van der Waals surface area contributed by atoms with Gasteiger partial charge in [0.05, 0.1) is 25.4 Å². The Kier molecular flexibility index (Phi) is 7.29. The summed E-state index contributed by atoms with van der Waals surface area (Å²) in [6.45, 7) is 5.66. The molecule has 2 amide bonds. The monoisotopic (exact) mass is 409 g/mol. The molecule has 0 aliphatic carbocycles. The molecule has 28 heavy (non-hydrogen) atoms. The van der Waals surface area contributed by atoms with E-state index >= 15 is 0 Å². The number of halogens is 1. The number of likely N-dealkylation sites (tertiary alicyclic amines) is 1. The quantitative estimate of drug-likeness (QED) is 0.710. The van der Waals surface area contributed by atoms with Gasteiger partial charge in [0.25, 0.3) is 0 Å². The molecule has 3 atom stereocenters. The summed E-state index contributed by atoms with van der Waals surface area (Å²) in [4.78, 5) is 28.7. The van der Waals surface area contributed by atoms with Crippen LogP contribution in [0, 0.1) is 5.92 Å². The summed E-state index contributed by atoms with van der Waals surface area (Å²) in [5, 5.41) is 13.1. The summed E-state index contributed by atoms with van der Waals surface area (Å²) < 4.78 is 5.43. The molecule has 0 spiro atoms. The van der Waals surface area contributed by atoms with E-state index in [-0.39, 0.29) is 12.0 Å². The predicted octanol–water partition coefficient (Wildman–Crippen LogP) is 1.06. The number of benzene rings is 1. The number of aliphatic hydroxyl groups excluding tert-OH is 1. The molecule has 0 unspecified atom stereocenters. The molecule has 0 saturated carbocycles. The molecule has 7 nitrogen and oxygen atoms in total. The van der Waals surface area contributed by atoms with Gasteiger partial charge in [-0.1, -0.05) is 29.8 Å². The average molecular weight is 410 g/mol. The van der Waals surface area contributed by atoms with Gasteiger partial charge in [-0.2, -0.15) is 0 Å². The summed E-state index contributed by atoms with van der Waals surface area (Å²) in [5.41, 5.74) is 0.925. The van der Waals surface area contributed by atoms with E-state index in [1.807, 2.05) is 24.3 Å². The maximum absolute atomic E-state index is 12.5. The normalized spacial score (nSPS) is 22.7. The summed E-state index contributed by atoms with van der Waals surface area (Å²) in [6.07, 6.45) is 0.235. The van der Waals surface area contributed by atoms with E-state index in [1.165, 1.54) is 4.90 Å². The highest BCUT2D eigenvalue weighted by Crippen LogP contribution is 2.28. The van der Waals surface area contributed by atoms with Gasteiger partial charge in [0.2, 0.25) is 0 Å². The number of nitrogens with one attached hydrogen (secondary N) is 1. The van der Waals surface area contributed by atoms with Crippen LogP contribution in [0.5, 0.6) is 0 Å². The lowest BCUT2D eigenvalue weighted by atomic mass is 10.0. The van der Waals surface area contributed by atoms with Crippen LogP contribution in [0.1, 0.15) is 24.9 Å². The Hall–Kier alpha value is -1.67. The van der Waals surface area contributed by atoms with E-state index in [0.29, 0.717) is 44.3 Å². The minimum Gasteiger partial charge on any atom is -0.393 e. The predicted molar refractivity (Wildman–Crippen MR) is 106 cm³/mol. The Labute approximate surface area is 170 Å². The smallest absolute Gasteiger partial charge is 0.311 e. The molecule has 0 radical (unpaired) electrons. The molecule has 2 fully saturated rings. The molecular formula is C20H28ClN3O4. The van der Waals surface area contributed by atoms with E-state index in [4.69, 9.17) is 16.3 Å². The van der Waals surface area contributed by atoms with Gasteiger partial charge < -0.3 is 20.1 Å². The zero-order valence-corrected chi connectivity index (χ0v) is 16.9. The van der Waals surface area contributed by atoms with Crippen molar-refractivity contribution in [2.45, 2.75) is 25.5 Å². The molecule has 2 N–H and O–H groups in total. The lowest BCUT2D eigenvalue weighted by Crippen LogP contribution is -2.47. The summed E-state index contributed by atoms with van der Waals surface area (Å²) in [6, 6.07) is 7.44. The first-order chi connectivity index (χ1) is 13.5. The van der Waals surface area contributed by atoms with Crippen molar-refractivity contribution in [1.29, 1.82) is 0 Å². The summed E-state index contributed by atoms with van der Waals surface area (Å²) >= 11 is 6.40. The Bertz CT molecular complexity index is 694. The van der Waals surface area contributed by atoms with Gasteiger partial charge in [0, 0.05) is 43.7 Å². The van der Waals surface area contributed by atoms with Crippen LogP contribution in [-0.2, 0) is 14.3 Å². The second-order valence-corrected chi connectivity index (χ2v) is 7.84. The van der Waals surface area contributed by atoms with Gasteiger partial charge in [-0.05, 0) is 25.0 Å². The lowest BCUT2D eigenvalue weighted by Gasteiger charge is -2.35. The molecule has 3 rings (SSSR count). The van der Waals surface area contributed by atoms with Gasteiger partial charge in [-0.3, -0.25) is 14.5 Å². The fourth-order valence-corrected chi connectivity index (χ4v) is 4.11. The van der Waals surface area contributed by atoms with Crippen molar-refractivity contribution in [3.05, 3.63) is 34.9 Å². The zero-order valence-electron chi connectivity index (χ0n) is 16.1. The van der Waals surface area contributed by atoms with Crippen LogP contribution >= 0.6 is 11.6 Å². The highest BCUT2D eigenvalue weighted by atomic mass is 35.5. The van der Waals surface area contributed by atoms with E-state index in [2.05, 4.69) is 10.2 Å². The number of hydrogen-bond acceptors (Lipinski definition) is 5. The molecule has 0 bridgehead atoms. The van der Waals surface area contributed by atoms with Crippen molar-refractivity contribution >= 4 is 23.4 Å². The second-order valence-electron chi connectivity index (χ2n) is 7.44. The maximum Gasteiger partial charge on any atom is 0.311 e. The van der Waals surface area contributed by atoms with Gasteiger partial charge in [-0.15, -0.1) is 0 Å². The highest BCUT2D eigenvalue weighted by Gasteiger charge is 2.33. The van der Waals surface area contributed by atoms with Crippen LogP contribution in [0.15, 0.2) is 24.3 Å². The number of morpholine rings is 1. The number of rotatable bonds is 5. The largest absolute Gasteiger partial charge is 0.393 e. The first kappa shape index (κ1) is 21.0. The first-order valence-corrected chi connectivity index (χ1v) is 10.2. The number of aliphatic hydroxyl groups is 1. The second kappa shape index (κ2) is 9.69. The SMILES string of the molecule is C[C@H](O)[C@@H]1CCN(C(=O)C(=O)NC[C@H](c2ccccc2Cl)N2CCOCC2)C1. The molecule has 1 aromatic rings. The van der Waals surface area contributed by atoms with Crippen LogP contribution in [0.4, 0.5) is 0 Å². The molecule has 154 valence electrons. The molecular weight excluding hydrogens is 382 g/mol. The topological polar surface area (TPSA) is 82.1 Å². The van der Waals surface area contributed by atoms with Gasteiger partial charge in [0.15, 0.2) is 0 Å². The van der Waals surface area contributed by atoms with E-state index < -0.39 is 17.9 Å². The Morgan fingerprint density at radius 1 is 1.29 bits per heavy atom. The minimum absolute atomic E-state index is 0.0287. The van der Waals surface area contributed by atoms with E-state index in [9.17, 15) is 14.7 Å². The third-order valence-corrected chi connectivity index (χ3v) is 5.94. The van der Waals surface area contributed by atoms with Crippen LogP contribution in [0.3, 0.4) is 0 Å². The van der Waals surface area contributed by atoms with Crippen molar-refractivity contribution in [2.75, 3.05) is 45.9 Å².